The number of rotatable bonds is 82. The second-order valence-electron chi connectivity index (χ2n) is 31.4. The molecule has 0 heterocycles. The monoisotopic (exact) mass is 1510 g/mol. The summed E-state index contributed by atoms with van der Waals surface area (Å²) >= 11 is 0. The van der Waals surface area contributed by atoms with Crippen LogP contribution in [0.3, 0.4) is 0 Å². The first-order valence-electron chi connectivity index (χ1n) is 43.4. The van der Waals surface area contributed by atoms with Gasteiger partial charge in [0.15, 0.2) is 12.2 Å². The fourth-order valence-electron chi connectivity index (χ4n) is 13.0. The Morgan fingerprint density at radius 1 is 0.282 bits per heavy atom. The Morgan fingerprint density at radius 3 is 0.738 bits per heavy atom. The van der Waals surface area contributed by atoms with Crippen LogP contribution in [0.25, 0.3) is 0 Å². The van der Waals surface area contributed by atoms with Gasteiger partial charge in [0.05, 0.1) is 26.4 Å². The molecule has 0 aromatic heterocycles. The van der Waals surface area contributed by atoms with Crippen molar-refractivity contribution in [2.75, 3.05) is 39.6 Å². The van der Waals surface area contributed by atoms with Crippen LogP contribution >= 0.6 is 15.6 Å². The highest BCUT2D eigenvalue weighted by molar-refractivity contribution is 7.47. The number of ether oxygens (including phenoxy) is 4. The minimum atomic E-state index is -4.96. The second kappa shape index (κ2) is 74.2. The van der Waals surface area contributed by atoms with Crippen molar-refractivity contribution >= 4 is 39.5 Å². The molecule has 0 aliphatic heterocycles. The number of hydrogen-bond acceptors (Lipinski definition) is 15. The smallest absolute Gasteiger partial charge is 0.462 e. The number of hydrogen-bond donors (Lipinski definition) is 3. The lowest BCUT2D eigenvalue weighted by atomic mass is 9.99. The van der Waals surface area contributed by atoms with E-state index in [1.54, 1.807) is 0 Å². The van der Waals surface area contributed by atoms with E-state index in [1.165, 1.54) is 244 Å². The van der Waals surface area contributed by atoms with Gasteiger partial charge in [0, 0.05) is 25.7 Å². The van der Waals surface area contributed by atoms with Crippen LogP contribution in [-0.4, -0.2) is 96.7 Å². The van der Waals surface area contributed by atoms with Crippen LogP contribution < -0.4 is 0 Å². The van der Waals surface area contributed by atoms with E-state index in [9.17, 15) is 43.2 Å². The zero-order valence-electron chi connectivity index (χ0n) is 67.8. The zero-order chi connectivity index (χ0) is 75.8. The molecule has 0 rings (SSSR count). The molecule has 0 aliphatic carbocycles. The van der Waals surface area contributed by atoms with Crippen molar-refractivity contribution in [3.05, 3.63) is 0 Å². The van der Waals surface area contributed by atoms with Gasteiger partial charge in [0.1, 0.15) is 19.3 Å². The number of phosphoric ester groups is 2. The molecule has 0 fully saturated rings. The average molecular weight is 1510 g/mol. The van der Waals surface area contributed by atoms with Gasteiger partial charge in [-0.1, -0.05) is 389 Å². The molecule has 0 aliphatic rings. The molecule has 612 valence electrons. The first-order valence-corrected chi connectivity index (χ1v) is 46.4. The molecule has 3 N–H and O–H groups in total. The van der Waals surface area contributed by atoms with Crippen LogP contribution in [0, 0.1) is 17.8 Å². The summed E-state index contributed by atoms with van der Waals surface area (Å²) in [6, 6.07) is 0. The predicted octanol–water partition coefficient (Wildman–Crippen LogP) is 25.3. The van der Waals surface area contributed by atoms with Gasteiger partial charge >= 0.3 is 39.5 Å². The van der Waals surface area contributed by atoms with Gasteiger partial charge < -0.3 is 33.8 Å². The summed E-state index contributed by atoms with van der Waals surface area (Å²) < 4.78 is 68.8. The standard InChI is InChI=1S/C84H164O17P2/c1-8-10-11-12-13-14-15-16-28-34-39-44-53-60-67-84(89)101-80(72-95-82(87)66-59-52-47-46-49-56-63-76(5)6)74-99-103(92,93)97-70-78(85)69-96-102(90,91)98-73-79(71-94-81(86)65-58-51-43-38-33-29-25-21-22-26-31-36-41-48-55-62-75(3)4)100-83(88)68-61-54-45-40-35-30-24-20-18-17-19-23-27-32-37-42-50-57-64-77(7)9-2/h75-80,85H,8-74H2,1-7H3,(H,90,91)(H,92,93)/t77?,78-,79-,80-/m1/s1. The van der Waals surface area contributed by atoms with Gasteiger partial charge in [-0.3, -0.25) is 37.3 Å². The topological polar surface area (TPSA) is 237 Å². The first kappa shape index (κ1) is 101. The molecule has 0 aromatic carbocycles. The third-order valence-electron chi connectivity index (χ3n) is 20.0. The van der Waals surface area contributed by atoms with E-state index in [0.717, 1.165) is 108 Å². The molecule has 0 bridgehead atoms. The second-order valence-corrected chi connectivity index (χ2v) is 34.3. The number of unbranched alkanes of at least 4 members (excludes halogenated alkanes) is 49. The van der Waals surface area contributed by atoms with E-state index in [1.807, 2.05) is 0 Å². The van der Waals surface area contributed by atoms with Crippen molar-refractivity contribution in [1.29, 1.82) is 0 Å². The fourth-order valence-corrected chi connectivity index (χ4v) is 14.6. The largest absolute Gasteiger partial charge is 0.472 e. The fraction of sp³-hybridized carbons (Fsp3) is 0.952. The summed E-state index contributed by atoms with van der Waals surface area (Å²) in [4.78, 5) is 73.1. The van der Waals surface area contributed by atoms with E-state index < -0.39 is 97.5 Å². The summed E-state index contributed by atoms with van der Waals surface area (Å²) in [7, 11) is -9.92. The summed E-state index contributed by atoms with van der Waals surface area (Å²) in [5.41, 5.74) is 0. The lowest BCUT2D eigenvalue weighted by molar-refractivity contribution is -0.161. The highest BCUT2D eigenvalue weighted by Crippen LogP contribution is 2.45. The number of carbonyl (C=O) groups excluding carboxylic acids is 4. The Hall–Kier alpha value is -1.94. The minimum absolute atomic E-state index is 0.107. The van der Waals surface area contributed by atoms with Gasteiger partial charge in [-0.2, -0.15) is 0 Å². The van der Waals surface area contributed by atoms with Crippen molar-refractivity contribution in [3.8, 4) is 0 Å². The van der Waals surface area contributed by atoms with Gasteiger partial charge in [-0.05, 0) is 43.4 Å². The number of carbonyl (C=O) groups is 4. The van der Waals surface area contributed by atoms with Gasteiger partial charge in [-0.15, -0.1) is 0 Å². The predicted molar refractivity (Wildman–Crippen MR) is 423 cm³/mol. The molecule has 103 heavy (non-hydrogen) atoms. The molecule has 19 heteroatoms. The molecular formula is C84H164O17P2. The van der Waals surface area contributed by atoms with Crippen molar-refractivity contribution in [1.82, 2.24) is 0 Å². The maximum atomic E-state index is 13.1. The Balaban J connectivity index is 5.21. The van der Waals surface area contributed by atoms with E-state index in [4.69, 9.17) is 37.0 Å². The lowest BCUT2D eigenvalue weighted by Gasteiger charge is -2.21. The van der Waals surface area contributed by atoms with E-state index in [0.29, 0.717) is 31.6 Å². The third kappa shape index (κ3) is 76.6. The molecule has 0 aromatic rings. The molecule has 0 saturated heterocycles. The van der Waals surface area contributed by atoms with E-state index in [2.05, 4.69) is 48.5 Å². The van der Waals surface area contributed by atoms with Crippen LogP contribution in [0.15, 0.2) is 0 Å². The van der Waals surface area contributed by atoms with E-state index in [-0.39, 0.29) is 25.7 Å². The molecular weight excluding hydrogens is 1340 g/mol. The highest BCUT2D eigenvalue weighted by atomic mass is 31.2. The number of phosphoric acid groups is 2. The van der Waals surface area contributed by atoms with Crippen LogP contribution in [-0.2, 0) is 65.4 Å². The van der Waals surface area contributed by atoms with Crippen molar-refractivity contribution < 1.29 is 80.2 Å². The lowest BCUT2D eigenvalue weighted by Crippen LogP contribution is -2.30. The Morgan fingerprint density at radius 2 is 0.495 bits per heavy atom. The van der Waals surface area contributed by atoms with Crippen LogP contribution in [0.4, 0.5) is 0 Å². The van der Waals surface area contributed by atoms with Gasteiger partial charge in [0.2, 0.25) is 0 Å². The van der Waals surface area contributed by atoms with Gasteiger partial charge in [0.25, 0.3) is 0 Å². The maximum absolute atomic E-state index is 13.1. The van der Waals surface area contributed by atoms with E-state index >= 15 is 0 Å². The average Bonchev–Trinajstić information content (AvgIpc) is 1.04. The molecule has 6 atom stereocenters. The van der Waals surface area contributed by atoms with Crippen LogP contribution in [0.2, 0.25) is 0 Å². The first-order chi connectivity index (χ1) is 49.8. The number of esters is 4. The molecule has 0 amide bonds. The minimum Gasteiger partial charge on any atom is -0.462 e. The summed E-state index contributed by atoms with van der Waals surface area (Å²) in [5, 5.41) is 10.7. The SMILES string of the molecule is CCCCCCCCCCCCCCCCC(=O)O[C@H](COC(=O)CCCCCCCCC(C)C)COP(=O)(O)OC[C@H](O)COP(=O)(O)OC[C@@H](COC(=O)CCCCCCCCCCCCCCCCCC(C)C)OC(=O)CCCCCCCCCCCCCCCCCCCCC(C)CC. The summed E-state index contributed by atoms with van der Waals surface area (Å²) in [5.74, 6) is 0.248. The Bertz CT molecular complexity index is 1990. The highest BCUT2D eigenvalue weighted by Gasteiger charge is 2.30. The van der Waals surface area contributed by atoms with Crippen molar-refractivity contribution in [2.45, 2.75) is 458 Å². The van der Waals surface area contributed by atoms with Gasteiger partial charge in [-0.25, -0.2) is 9.13 Å². The van der Waals surface area contributed by atoms with Crippen LogP contribution in [0.1, 0.15) is 440 Å². The molecule has 0 saturated carbocycles. The molecule has 0 radical (unpaired) electrons. The van der Waals surface area contributed by atoms with Crippen molar-refractivity contribution in [2.24, 2.45) is 17.8 Å². The van der Waals surface area contributed by atoms with Crippen LogP contribution in [0.5, 0.6) is 0 Å². The number of aliphatic hydroxyl groups excluding tert-OH is 1. The maximum Gasteiger partial charge on any atom is 0.472 e. The molecule has 17 nitrogen and oxygen atoms in total. The molecule has 0 spiro atoms. The zero-order valence-corrected chi connectivity index (χ0v) is 69.6. The van der Waals surface area contributed by atoms with Crippen molar-refractivity contribution in [3.63, 3.8) is 0 Å². The third-order valence-corrected chi connectivity index (χ3v) is 21.9. The normalized spacial score (nSPS) is 14.2. The Labute approximate surface area is 632 Å². The summed E-state index contributed by atoms with van der Waals surface area (Å²) in [6.07, 6.45) is 64.0. The summed E-state index contributed by atoms with van der Waals surface area (Å²) in [6.45, 7) is 12.0. The molecule has 3 unspecified atom stereocenters. The Kier molecular flexibility index (Phi) is 72.8. The number of aliphatic hydroxyl groups is 1. The quantitative estimate of drug-likeness (QED) is 0.0222.